The van der Waals surface area contributed by atoms with E-state index in [1.54, 1.807) is 0 Å². The number of benzene rings is 1. The maximum Gasteiger partial charge on any atom is 0.416 e. The molecule has 0 spiro atoms. The van der Waals surface area contributed by atoms with Gasteiger partial charge in [-0.05, 0) is 44.0 Å². The number of alkyl halides is 3. The first-order chi connectivity index (χ1) is 14.3. The van der Waals surface area contributed by atoms with Gasteiger partial charge >= 0.3 is 6.18 Å². The van der Waals surface area contributed by atoms with Gasteiger partial charge in [0.25, 0.3) is 11.8 Å². The zero-order valence-electron chi connectivity index (χ0n) is 16.0. The highest BCUT2D eigenvalue weighted by atomic mass is 19.4. The number of halogens is 4. The Hall–Kier alpha value is -2.40. The Morgan fingerprint density at radius 3 is 2.67 bits per heavy atom. The van der Waals surface area contributed by atoms with Crippen molar-refractivity contribution in [1.29, 1.82) is 0 Å². The van der Waals surface area contributed by atoms with Crippen molar-refractivity contribution in [2.45, 2.75) is 43.7 Å². The van der Waals surface area contributed by atoms with E-state index in [1.165, 1.54) is 4.90 Å². The van der Waals surface area contributed by atoms with Crippen LogP contribution in [0.5, 0.6) is 5.75 Å². The molecule has 3 aliphatic heterocycles. The van der Waals surface area contributed by atoms with Crippen molar-refractivity contribution in [3.63, 3.8) is 0 Å². The van der Waals surface area contributed by atoms with Crippen molar-refractivity contribution < 1.29 is 36.7 Å². The second kappa shape index (κ2) is 8.03. The van der Waals surface area contributed by atoms with Crippen LogP contribution in [0.1, 0.15) is 24.8 Å². The Morgan fingerprint density at radius 2 is 1.97 bits per heavy atom. The predicted molar refractivity (Wildman–Crippen MR) is 94.6 cm³/mol. The van der Waals surface area contributed by atoms with Gasteiger partial charge in [0.1, 0.15) is 6.04 Å². The number of carbonyl (C=O) groups excluding carboxylic acids is 2. The molecule has 0 bridgehead atoms. The van der Waals surface area contributed by atoms with E-state index >= 15 is 0 Å². The van der Waals surface area contributed by atoms with Crippen molar-refractivity contribution in [3.05, 3.63) is 29.6 Å². The summed E-state index contributed by atoms with van der Waals surface area (Å²) >= 11 is 0. The fourth-order valence-electron chi connectivity index (χ4n) is 3.96. The molecule has 3 saturated heterocycles. The highest BCUT2D eigenvalue weighted by Gasteiger charge is 2.49. The number of likely N-dealkylation sites (tertiary alicyclic amines) is 1. The number of hydroxylamine groups is 2. The zero-order valence-corrected chi connectivity index (χ0v) is 16.0. The number of nitrogens with zero attached hydrogens (tertiary/aromatic N) is 2. The number of amides is 2. The smallest absolute Gasteiger partial charge is 0.373 e. The molecule has 1 aromatic rings. The number of ether oxygens (including phenoxy) is 1. The SMILES string of the molecule is O=C(C1OC2CCNCC2N(Oc2cc(C(F)(F)F)ccc2F)C1=O)N1CCCC1. The molecule has 1 aromatic carbocycles. The number of piperidine rings is 1. The summed E-state index contributed by atoms with van der Waals surface area (Å²) in [5.41, 5.74) is -1.11. The topological polar surface area (TPSA) is 71.1 Å². The standard InChI is InChI=1S/C19H21F4N3O4/c20-12-4-3-11(19(21,22)23)9-15(12)30-26-13-10-24-6-5-14(13)29-16(18(26)28)17(27)25-7-1-2-8-25/h3-4,9,13-14,16,24H,1-2,5-8,10H2. The lowest BCUT2D eigenvalue weighted by molar-refractivity contribution is -0.222. The molecule has 1 N–H and O–H groups in total. The van der Waals surface area contributed by atoms with Crippen LogP contribution in [0, 0.1) is 5.82 Å². The van der Waals surface area contributed by atoms with Crippen molar-refractivity contribution in [1.82, 2.24) is 15.3 Å². The summed E-state index contributed by atoms with van der Waals surface area (Å²) in [7, 11) is 0. The van der Waals surface area contributed by atoms with Crippen LogP contribution < -0.4 is 10.2 Å². The molecule has 2 amide bonds. The largest absolute Gasteiger partial charge is 0.416 e. The van der Waals surface area contributed by atoms with Gasteiger partial charge in [0.2, 0.25) is 6.10 Å². The van der Waals surface area contributed by atoms with Gasteiger partial charge < -0.3 is 19.8 Å². The summed E-state index contributed by atoms with van der Waals surface area (Å²) in [4.78, 5) is 32.7. The lowest BCUT2D eigenvalue weighted by atomic mass is 10.00. The number of fused-ring (bicyclic) bond motifs is 1. The fourth-order valence-corrected chi connectivity index (χ4v) is 3.96. The van der Waals surface area contributed by atoms with Crippen molar-refractivity contribution in [2.75, 3.05) is 26.2 Å². The number of carbonyl (C=O) groups is 2. The summed E-state index contributed by atoms with van der Waals surface area (Å²) in [6, 6.07) is 1.02. The van der Waals surface area contributed by atoms with Crippen LogP contribution in [0.4, 0.5) is 17.6 Å². The Bertz CT molecular complexity index is 828. The number of hydrogen-bond donors (Lipinski definition) is 1. The van der Waals surface area contributed by atoms with Gasteiger partial charge in [-0.1, -0.05) is 0 Å². The summed E-state index contributed by atoms with van der Waals surface area (Å²) in [6.45, 7) is 1.82. The first kappa shape index (κ1) is 20.9. The van der Waals surface area contributed by atoms with E-state index in [-0.39, 0.29) is 6.54 Å². The quantitative estimate of drug-likeness (QED) is 0.583. The highest BCUT2D eigenvalue weighted by molar-refractivity contribution is 6.03. The fraction of sp³-hybridized carbons (Fsp3) is 0.579. The van der Waals surface area contributed by atoms with Crippen molar-refractivity contribution in [3.8, 4) is 5.75 Å². The van der Waals surface area contributed by atoms with Gasteiger partial charge in [-0.15, -0.1) is 0 Å². The molecule has 30 heavy (non-hydrogen) atoms. The lowest BCUT2D eigenvalue weighted by Gasteiger charge is -2.45. The molecule has 4 rings (SSSR count). The molecule has 3 unspecified atom stereocenters. The second-order valence-corrected chi connectivity index (χ2v) is 7.55. The van der Waals surface area contributed by atoms with E-state index in [1.807, 2.05) is 0 Å². The summed E-state index contributed by atoms with van der Waals surface area (Å²) in [6.07, 6.45) is -4.63. The molecule has 164 valence electrons. The molecule has 3 aliphatic rings. The molecule has 3 atom stereocenters. The van der Waals surface area contributed by atoms with Crippen LogP contribution in [-0.2, 0) is 20.5 Å². The number of morpholine rings is 1. The molecule has 0 aromatic heterocycles. The molecule has 7 nitrogen and oxygen atoms in total. The summed E-state index contributed by atoms with van der Waals surface area (Å²) < 4.78 is 59.1. The van der Waals surface area contributed by atoms with Gasteiger partial charge in [0, 0.05) is 19.6 Å². The van der Waals surface area contributed by atoms with Crippen LogP contribution in [0.2, 0.25) is 0 Å². The third kappa shape index (κ3) is 3.95. The zero-order chi connectivity index (χ0) is 21.5. The van der Waals surface area contributed by atoms with Gasteiger partial charge in [-0.2, -0.15) is 18.2 Å². The van der Waals surface area contributed by atoms with Gasteiger partial charge in [-0.25, -0.2) is 4.39 Å². The third-order valence-electron chi connectivity index (χ3n) is 5.54. The van der Waals surface area contributed by atoms with E-state index in [0.29, 0.717) is 44.3 Å². The Labute approximate surface area is 169 Å². The minimum Gasteiger partial charge on any atom is -0.373 e. The van der Waals surface area contributed by atoms with Crippen molar-refractivity contribution >= 4 is 11.8 Å². The summed E-state index contributed by atoms with van der Waals surface area (Å²) in [5.74, 6) is -3.15. The predicted octanol–water partition coefficient (Wildman–Crippen LogP) is 1.72. The maximum absolute atomic E-state index is 14.2. The number of hydrogen-bond acceptors (Lipinski definition) is 5. The van der Waals surface area contributed by atoms with E-state index < -0.39 is 53.4 Å². The monoisotopic (exact) mass is 431 g/mol. The molecule has 0 aliphatic carbocycles. The minimum atomic E-state index is -4.70. The molecule has 3 heterocycles. The molecule has 3 fully saturated rings. The van der Waals surface area contributed by atoms with Gasteiger partial charge in [-0.3, -0.25) is 9.59 Å². The van der Waals surface area contributed by atoms with Crippen LogP contribution >= 0.6 is 0 Å². The van der Waals surface area contributed by atoms with Crippen LogP contribution in [0.15, 0.2) is 18.2 Å². The molecule has 0 saturated carbocycles. The number of nitrogens with one attached hydrogen (secondary N) is 1. The van der Waals surface area contributed by atoms with Crippen molar-refractivity contribution in [2.24, 2.45) is 0 Å². The first-order valence-corrected chi connectivity index (χ1v) is 9.78. The lowest BCUT2D eigenvalue weighted by Crippen LogP contribution is -2.67. The second-order valence-electron chi connectivity index (χ2n) is 7.55. The van der Waals surface area contributed by atoms with Crippen LogP contribution in [0.3, 0.4) is 0 Å². The Kier molecular flexibility index (Phi) is 5.58. The Balaban J connectivity index is 1.62. The minimum absolute atomic E-state index is 0.238. The van der Waals surface area contributed by atoms with E-state index in [4.69, 9.17) is 9.57 Å². The summed E-state index contributed by atoms with van der Waals surface area (Å²) in [5, 5.41) is 3.85. The normalized spacial score (nSPS) is 27.2. The average Bonchev–Trinajstić information content (AvgIpc) is 3.24. The number of rotatable bonds is 3. The first-order valence-electron chi connectivity index (χ1n) is 9.78. The average molecular weight is 431 g/mol. The van der Waals surface area contributed by atoms with E-state index in [9.17, 15) is 27.2 Å². The van der Waals surface area contributed by atoms with E-state index in [0.717, 1.165) is 17.9 Å². The van der Waals surface area contributed by atoms with Gasteiger partial charge in [0.15, 0.2) is 11.6 Å². The van der Waals surface area contributed by atoms with E-state index in [2.05, 4.69) is 5.32 Å². The third-order valence-corrected chi connectivity index (χ3v) is 5.54. The van der Waals surface area contributed by atoms with Gasteiger partial charge in [0.05, 0.1) is 11.7 Å². The molecule has 11 heteroatoms. The van der Waals surface area contributed by atoms with Crippen LogP contribution in [0.25, 0.3) is 0 Å². The van der Waals surface area contributed by atoms with Crippen LogP contribution in [-0.4, -0.2) is 66.2 Å². The molecular weight excluding hydrogens is 410 g/mol. The Morgan fingerprint density at radius 1 is 1.23 bits per heavy atom. The molecular formula is C19H21F4N3O4. The molecule has 0 radical (unpaired) electrons. The highest BCUT2D eigenvalue weighted by Crippen LogP contribution is 2.34. The maximum atomic E-state index is 14.2.